The molecule has 0 aliphatic heterocycles. The van der Waals surface area contributed by atoms with Crippen LogP contribution in [-0.2, 0) is 9.59 Å². The fourth-order valence-electron chi connectivity index (χ4n) is 2.74. The number of aromatic nitrogens is 3. The zero-order chi connectivity index (χ0) is 19.7. The van der Waals surface area contributed by atoms with E-state index < -0.39 is 0 Å². The van der Waals surface area contributed by atoms with E-state index in [1.54, 1.807) is 12.3 Å². The normalized spacial score (nSPS) is 11.0. The van der Waals surface area contributed by atoms with Gasteiger partial charge in [0.15, 0.2) is 0 Å². The second kappa shape index (κ2) is 7.62. The second-order valence-corrected chi connectivity index (χ2v) is 8.06. The monoisotopic (exact) mass is 402 g/mol. The molecule has 3 aromatic rings. The summed E-state index contributed by atoms with van der Waals surface area (Å²) in [6, 6.07) is 7.51. The molecule has 2 amide bonds. The van der Waals surface area contributed by atoms with Gasteiger partial charge in [-0.15, -0.1) is 11.3 Å². The van der Waals surface area contributed by atoms with Gasteiger partial charge in [-0.1, -0.05) is 11.6 Å². The molecular weight excluding hydrogens is 384 g/mol. The van der Waals surface area contributed by atoms with Crippen molar-refractivity contribution in [3.63, 3.8) is 0 Å². The number of carbonyl (C=O) groups is 2. The van der Waals surface area contributed by atoms with Crippen LogP contribution >= 0.6 is 22.9 Å². The first kappa shape index (κ1) is 19.3. The third-order valence-electron chi connectivity index (χ3n) is 3.98. The number of hydrogen-bond donors (Lipinski definition) is 0. The summed E-state index contributed by atoms with van der Waals surface area (Å²) in [7, 11) is 0. The fraction of sp³-hybridized carbons (Fsp3) is 0.263. The molecule has 0 spiro atoms. The number of hydrogen-bond acceptors (Lipinski definition) is 5. The first-order valence-corrected chi connectivity index (χ1v) is 9.60. The number of thiophene rings is 1. The number of rotatable bonds is 4. The Morgan fingerprint density at radius 1 is 1.19 bits per heavy atom. The maximum absolute atomic E-state index is 11.9. The van der Waals surface area contributed by atoms with Crippen molar-refractivity contribution in [2.75, 3.05) is 4.90 Å². The van der Waals surface area contributed by atoms with Gasteiger partial charge in [0.05, 0.1) is 9.21 Å². The summed E-state index contributed by atoms with van der Waals surface area (Å²) in [5.74, 6) is -0.467. The number of pyridine rings is 1. The molecule has 3 rings (SSSR count). The molecule has 3 aromatic heterocycles. The van der Waals surface area contributed by atoms with Gasteiger partial charge in [-0.05, 0) is 43.7 Å². The summed E-state index contributed by atoms with van der Waals surface area (Å²) < 4.78 is 2.57. The molecule has 8 heteroatoms. The average Bonchev–Trinajstić information content (AvgIpc) is 3.20. The number of nitrogens with zero attached hydrogens (tertiary/aromatic N) is 4. The van der Waals surface area contributed by atoms with E-state index in [2.05, 4.69) is 4.98 Å². The molecule has 0 unspecified atom stereocenters. The first-order valence-electron chi connectivity index (χ1n) is 8.40. The van der Waals surface area contributed by atoms with E-state index in [0.29, 0.717) is 10.2 Å². The Morgan fingerprint density at radius 3 is 2.44 bits per heavy atom. The van der Waals surface area contributed by atoms with E-state index in [-0.39, 0.29) is 17.9 Å². The standard InChI is InChI=1S/C19H19ClN4O2S/c1-11(2)23-10-15(19(22-23)16-5-6-17(20)27-16)14-7-8-21-18(9-14)24(12(3)25)13(4)26/h5-11H,1-4H3. The molecule has 0 aliphatic carbocycles. The van der Waals surface area contributed by atoms with E-state index in [9.17, 15) is 9.59 Å². The van der Waals surface area contributed by atoms with Crippen LogP contribution in [0.5, 0.6) is 0 Å². The van der Waals surface area contributed by atoms with E-state index in [0.717, 1.165) is 26.6 Å². The lowest BCUT2D eigenvalue weighted by molar-refractivity contribution is -0.124. The van der Waals surface area contributed by atoms with Crippen molar-refractivity contribution in [3.05, 3.63) is 41.0 Å². The number of amides is 2. The minimum absolute atomic E-state index is 0.181. The number of carbonyl (C=O) groups excluding carboxylic acids is 2. The lowest BCUT2D eigenvalue weighted by Crippen LogP contribution is -2.33. The molecule has 3 heterocycles. The van der Waals surface area contributed by atoms with Crippen LogP contribution in [0.4, 0.5) is 5.82 Å². The van der Waals surface area contributed by atoms with E-state index in [1.807, 2.05) is 42.9 Å². The van der Waals surface area contributed by atoms with E-state index in [1.165, 1.54) is 25.2 Å². The quantitative estimate of drug-likeness (QED) is 0.628. The highest BCUT2D eigenvalue weighted by molar-refractivity contribution is 7.19. The predicted molar refractivity (Wildman–Crippen MR) is 108 cm³/mol. The van der Waals surface area contributed by atoms with Crippen LogP contribution in [-0.4, -0.2) is 26.6 Å². The Morgan fingerprint density at radius 2 is 1.89 bits per heavy atom. The molecule has 0 radical (unpaired) electrons. The van der Waals surface area contributed by atoms with Crippen molar-refractivity contribution < 1.29 is 9.59 Å². The number of imide groups is 1. The van der Waals surface area contributed by atoms with Crippen LogP contribution < -0.4 is 4.90 Å². The summed E-state index contributed by atoms with van der Waals surface area (Å²) in [6.45, 7) is 6.78. The Bertz CT molecular complexity index is 995. The molecule has 27 heavy (non-hydrogen) atoms. The van der Waals surface area contributed by atoms with Crippen LogP contribution in [0.2, 0.25) is 4.34 Å². The zero-order valence-electron chi connectivity index (χ0n) is 15.4. The molecule has 0 fully saturated rings. The van der Waals surface area contributed by atoms with Gasteiger partial charge in [0.25, 0.3) is 0 Å². The van der Waals surface area contributed by atoms with Crippen LogP contribution in [0, 0.1) is 0 Å². The van der Waals surface area contributed by atoms with Crippen molar-refractivity contribution >= 4 is 40.6 Å². The summed E-state index contributed by atoms with van der Waals surface area (Å²) >= 11 is 7.56. The number of halogens is 1. The molecule has 140 valence electrons. The topological polar surface area (TPSA) is 68.1 Å². The summed E-state index contributed by atoms with van der Waals surface area (Å²) in [5, 5.41) is 4.71. The maximum Gasteiger partial charge on any atom is 0.231 e. The van der Waals surface area contributed by atoms with Crippen molar-refractivity contribution in [3.8, 4) is 21.7 Å². The van der Waals surface area contributed by atoms with Crippen molar-refractivity contribution in [1.82, 2.24) is 14.8 Å². The Balaban J connectivity index is 2.15. The molecule has 0 aromatic carbocycles. The van der Waals surface area contributed by atoms with Crippen LogP contribution in [0.1, 0.15) is 33.7 Å². The molecule has 0 saturated carbocycles. The molecule has 0 bridgehead atoms. The van der Waals surface area contributed by atoms with Gasteiger partial charge in [0, 0.05) is 37.8 Å². The highest BCUT2D eigenvalue weighted by Crippen LogP contribution is 2.37. The van der Waals surface area contributed by atoms with Gasteiger partial charge < -0.3 is 0 Å². The van der Waals surface area contributed by atoms with Gasteiger partial charge in [-0.25, -0.2) is 9.88 Å². The Kier molecular flexibility index (Phi) is 5.43. The largest absolute Gasteiger partial charge is 0.274 e. The Labute approximate surface area is 166 Å². The minimum Gasteiger partial charge on any atom is -0.274 e. The van der Waals surface area contributed by atoms with Gasteiger partial charge in [0.2, 0.25) is 11.8 Å². The highest BCUT2D eigenvalue weighted by atomic mass is 35.5. The van der Waals surface area contributed by atoms with Gasteiger partial charge in [-0.2, -0.15) is 5.10 Å². The minimum atomic E-state index is -0.379. The fourth-order valence-corrected chi connectivity index (χ4v) is 3.79. The lowest BCUT2D eigenvalue weighted by atomic mass is 10.1. The van der Waals surface area contributed by atoms with Gasteiger partial charge in [-0.3, -0.25) is 14.3 Å². The molecule has 0 aliphatic rings. The molecule has 0 saturated heterocycles. The second-order valence-electron chi connectivity index (χ2n) is 6.35. The third-order valence-corrected chi connectivity index (χ3v) is 5.22. The summed E-state index contributed by atoms with van der Waals surface area (Å²) in [4.78, 5) is 29.9. The zero-order valence-corrected chi connectivity index (χ0v) is 17.0. The SMILES string of the molecule is CC(=O)N(C(C)=O)c1cc(-c2cn(C(C)C)nc2-c2ccc(Cl)s2)ccn1. The third kappa shape index (κ3) is 3.94. The van der Waals surface area contributed by atoms with E-state index >= 15 is 0 Å². The molecule has 0 N–H and O–H groups in total. The van der Waals surface area contributed by atoms with E-state index in [4.69, 9.17) is 16.7 Å². The summed E-state index contributed by atoms with van der Waals surface area (Å²) in [5.41, 5.74) is 2.51. The van der Waals surface area contributed by atoms with Crippen LogP contribution in [0.25, 0.3) is 21.7 Å². The molecule has 0 atom stereocenters. The molecule has 6 nitrogen and oxygen atoms in total. The average molecular weight is 403 g/mol. The van der Waals surface area contributed by atoms with Crippen LogP contribution in [0.15, 0.2) is 36.7 Å². The maximum atomic E-state index is 11.9. The molecular formula is C19H19ClN4O2S. The summed E-state index contributed by atoms with van der Waals surface area (Å²) in [6.07, 6.45) is 3.54. The predicted octanol–water partition coefficient (Wildman–Crippen LogP) is 4.81. The lowest BCUT2D eigenvalue weighted by Gasteiger charge is -2.16. The van der Waals surface area contributed by atoms with Gasteiger partial charge >= 0.3 is 0 Å². The Hall–Kier alpha value is -2.51. The van der Waals surface area contributed by atoms with Crippen molar-refractivity contribution in [2.24, 2.45) is 0 Å². The van der Waals surface area contributed by atoms with Crippen LogP contribution in [0.3, 0.4) is 0 Å². The highest BCUT2D eigenvalue weighted by Gasteiger charge is 2.21. The van der Waals surface area contributed by atoms with Crippen molar-refractivity contribution in [2.45, 2.75) is 33.7 Å². The smallest absolute Gasteiger partial charge is 0.231 e. The first-order chi connectivity index (χ1) is 12.8. The van der Waals surface area contributed by atoms with Gasteiger partial charge in [0.1, 0.15) is 11.5 Å². The van der Waals surface area contributed by atoms with Crippen molar-refractivity contribution in [1.29, 1.82) is 0 Å². The number of anilines is 1.